The molecule has 200 valence electrons. The van der Waals surface area contributed by atoms with E-state index in [9.17, 15) is 27.9 Å². The lowest BCUT2D eigenvalue weighted by Crippen LogP contribution is -2.49. The Bertz CT molecular complexity index is 1320. The minimum atomic E-state index is -4.89. The lowest BCUT2D eigenvalue weighted by Gasteiger charge is -2.24. The number of nitrogens with zero attached hydrogens (tertiary/aromatic N) is 4. The number of halogens is 3. The molecular formula is C23H28F3N7O4. The van der Waals surface area contributed by atoms with E-state index in [-0.39, 0.29) is 40.7 Å². The van der Waals surface area contributed by atoms with Gasteiger partial charge in [0.1, 0.15) is 22.9 Å². The van der Waals surface area contributed by atoms with E-state index in [2.05, 4.69) is 26.0 Å². The molecule has 0 aromatic carbocycles. The molecule has 0 aliphatic carbocycles. The van der Waals surface area contributed by atoms with Crippen molar-refractivity contribution in [2.75, 3.05) is 30.9 Å². The maximum atomic E-state index is 13.1. The maximum absolute atomic E-state index is 13.1. The number of pyridine rings is 1. The molecule has 1 aliphatic heterocycles. The summed E-state index contributed by atoms with van der Waals surface area (Å²) in [6.07, 6.45) is -3.44. The molecule has 14 heteroatoms. The van der Waals surface area contributed by atoms with Gasteiger partial charge in [0, 0.05) is 38.6 Å². The van der Waals surface area contributed by atoms with E-state index in [1.807, 2.05) is 0 Å². The van der Waals surface area contributed by atoms with Gasteiger partial charge in [-0.2, -0.15) is 22.8 Å². The molecule has 2 atom stereocenters. The average Bonchev–Trinajstić information content (AvgIpc) is 3.31. The number of amides is 1. The number of hydrogen-bond donors (Lipinski definition) is 4. The van der Waals surface area contributed by atoms with Crippen molar-refractivity contribution in [3.05, 3.63) is 46.5 Å². The first kappa shape index (κ1) is 26.4. The fraction of sp³-hybridized carbons (Fsp3) is 0.478. The monoisotopic (exact) mass is 523 g/mol. The Morgan fingerprint density at radius 2 is 2.05 bits per heavy atom. The Balaban J connectivity index is 1.65. The lowest BCUT2D eigenvalue weighted by molar-refractivity contribution is -0.211. The molecule has 4 rings (SSSR count). The van der Waals surface area contributed by atoms with E-state index in [0.29, 0.717) is 31.9 Å². The van der Waals surface area contributed by atoms with Crippen molar-refractivity contribution >= 4 is 28.9 Å². The molecule has 2 unspecified atom stereocenters. The van der Waals surface area contributed by atoms with Gasteiger partial charge in [0.05, 0.1) is 12.2 Å². The van der Waals surface area contributed by atoms with Crippen LogP contribution in [0.1, 0.15) is 42.6 Å². The Morgan fingerprint density at radius 3 is 2.70 bits per heavy atom. The second kappa shape index (κ2) is 10.8. The molecule has 4 N–H and O–H groups in total. The van der Waals surface area contributed by atoms with Crippen LogP contribution in [0.25, 0.3) is 5.65 Å². The normalized spacial score (nSPS) is 16.4. The van der Waals surface area contributed by atoms with Gasteiger partial charge in [0.15, 0.2) is 11.8 Å². The van der Waals surface area contributed by atoms with Gasteiger partial charge in [-0.1, -0.05) is 6.92 Å². The number of nitrogens with one attached hydrogen (secondary N) is 3. The van der Waals surface area contributed by atoms with Crippen LogP contribution >= 0.6 is 0 Å². The predicted octanol–water partition coefficient (Wildman–Crippen LogP) is 2.46. The van der Waals surface area contributed by atoms with Gasteiger partial charge in [-0.05, 0) is 31.4 Å². The number of aromatic nitrogens is 4. The fourth-order valence-electron chi connectivity index (χ4n) is 4.24. The van der Waals surface area contributed by atoms with Crippen molar-refractivity contribution in [2.45, 2.75) is 50.6 Å². The lowest BCUT2D eigenvalue weighted by atomic mass is 10.1. The molecule has 11 nitrogen and oxygen atoms in total. The molecular weight excluding hydrogens is 495 g/mol. The largest absolute Gasteiger partial charge is 0.416 e. The molecule has 1 fully saturated rings. The summed E-state index contributed by atoms with van der Waals surface area (Å²) in [5.74, 6) is -0.247. The van der Waals surface area contributed by atoms with Crippen molar-refractivity contribution in [3.8, 4) is 0 Å². The zero-order valence-corrected chi connectivity index (χ0v) is 20.2. The van der Waals surface area contributed by atoms with Crippen LogP contribution in [0, 0.1) is 0 Å². The number of ether oxygens (including phenoxy) is 1. The fourth-order valence-corrected chi connectivity index (χ4v) is 4.24. The number of rotatable bonds is 8. The second-order valence-electron chi connectivity index (χ2n) is 8.65. The van der Waals surface area contributed by atoms with Gasteiger partial charge in [-0.25, -0.2) is 4.98 Å². The summed E-state index contributed by atoms with van der Waals surface area (Å²) < 4.78 is 47.3. The first-order valence-corrected chi connectivity index (χ1v) is 11.8. The molecule has 0 saturated carbocycles. The van der Waals surface area contributed by atoms with E-state index in [1.165, 1.54) is 17.6 Å². The highest BCUT2D eigenvalue weighted by Gasteiger charge is 2.43. The Kier molecular flexibility index (Phi) is 7.68. The average molecular weight is 524 g/mol. The number of hydrogen-bond acceptors (Lipinski definition) is 8. The van der Waals surface area contributed by atoms with Crippen LogP contribution in [0.5, 0.6) is 0 Å². The number of aliphatic hydroxyl groups excluding tert-OH is 1. The number of alkyl halides is 3. The topological polar surface area (TPSA) is 135 Å². The molecule has 1 amide bonds. The number of anilines is 3. The van der Waals surface area contributed by atoms with Gasteiger partial charge in [-0.15, -0.1) is 0 Å². The molecule has 3 aromatic heterocycles. The van der Waals surface area contributed by atoms with E-state index in [0.717, 1.165) is 0 Å². The third-order valence-corrected chi connectivity index (χ3v) is 6.27. The number of aliphatic hydroxyl groups is 1. The minimum absolute atomic E-state index is 0.00926. The standard InChI is InChI=1S/C23H28F3N7O4/c1-3-15(19(34)23(24,25)26)30-21(35)14-12-28-33-18(27-2)11-17(31-20(14)33)29-16-5-4-8-32(22(16)36)13-6-9-37-10-7-13/h4-5,8,11-13,15,19,27,34H,3,6-7,9-10H2,1-2H3,(H,29,31)(H,30,35). The summed E-state index contributed by atoms with van der Waals surface area (Å²) in [4.78, 5) is 30.4. The van der Waals surface area contributed by atoms with Crippen molar-refractivity contribution < 1.29 is 27.8 Å². The zero-order valence-electron chi connectivity index (χ0n) is 20.2. The second-order valence-corrected chi connectivity index (χ2v) is 8.65. The van der Waals surface area contributed by atoms with Crippen molar-refractivity contribution in [1.29, 1.82) is 0 Å². The zero-order chi connectivity index (χ0) is 26.7. The van der Waals surface area contributed by atoms with Crippen molar-refractivity contribution in [3.63, 3.8) is 0 Å². The van der Waals surface area contributed by atoms with Crippen molar-refractivity contribution in [1.82, 2.24) is 24.5 Å². The SMILES string of the molecule is CCC(NC(=O)c1cnn2c(NC)cc(Nc3cccn(C4CCOCC4)c3=O)nc12)C(O)C(F)(F)F. The van der Waals surface area contributed by atoms with Crippen LogP contribution in [-0.4, -0.2) is 68.8 Å². The summed E-state index contributed by atoms with van der Waals surface area (Å²) in [5, 5.41) is 21.8. The highest BCUT2D eigenvalue weighted by atomic mass is 19.4. The summed E-state index contributed by atoms with van der Waals surface area (Å²) >= 11 is 0. The number of fused-ring (bicyclic) bond motifs is 1. The van der Waals surface area contributed by atoms with Gasteiger partial charge in [0.25, 0.3) is 11.5 Å². The van der Waals surface area contributed by atoms with Crippen LogP contribution in [0.15, 0.2) is 35.4 Å². The molecule has 3 aromatic rings. The van der Waals surface area contributed by atoms with Crippen LogP contribution in [0.3, 0.4) is 0 Å². The first-order valence-electron chi connectivity index (χ1n) is 11.8. The van der Waals surface area contributed by atoms with Crippen LogP contribution in [0.2, 0.25) is 0 Å². The maximum Gasteiger partial charge on any atom is 0.416 e. The van der Waals surface area contributed by atoms with Gasteiger partial charge in [0.2, 0.25) is 0 Å². The molecule has 0 bridgehead atoms. The Labute approximate surface area is 209 Å². The third kappa shape index (κ3) is 5.54. The predicted molar refractivity (Wildman–Crippen MR) is 129 cm³/mol. The van der Waals surface area contributed by atoms with Crippen LogP contribution in [0.4, 0.5) is 30.5 Å². The smallest absolute Gasteiger partial charge is 0.382 e. The minimum Gasteiger partial charge on any atom is -0.382 e. The first-order chi connectivity index (χ1) is 17.6. The highest BCUT2D eigenvalue weighted by molar-refractivity contribution is 6.00. The summed E-state index contributed by atoms with van der Waals surface area (Å²) in [6.45, 7) is 2.56. The molecule has 1 aliphatic rings. The van der Waals surface area contributed by atoms with Crippen LogP contribution < -0.4 is 21.5 Å². The van der Waals surface area contributed by atoms with E-state index in [1.54, 1.807) is 36.0 Å². The molecule has 0 spiro atoms. The van der Waals surface area contributed by atoms with E-state index >= 15 is 0 Å². The number of carbonyl (C=O) groups excluding carboxylic acids is 1. The molecule has 4 heterocycles. The third-order valence-electron chi connectivity index (χ3n) is 6.27. The number of carbonyl (C=O) groups is 1. The van der Waals surface area contributed by atoms with Crippen LogP contribution in [-0.2, 0) is 4.74 Å². The van der Waals surface area contributed by atoms with Gasteiger partial charge >= 0.3 is 6.18 Å². The van der Waals surface area contributed by atoms with Gasteiger partial charge < -0.3 is 30.4 Å². The quantitative estimate of drug-likeness (QED) is 0.354. The molecule has 1 saturated heterocycles. The highest BCUT2D eigenvalue weighted by Crippen LogP contribution is 2.25. The van der Waals surface area contributed by atoms with Crippen molar-refractivity contribution in [2.24, 2.45) is 0 Å². The molecule has 37 heavy (non-hydrogen) atoms. The summed E-state index contributed by atoms with van der Waals surface area (Å²) in [6, 6.07) is 3.38. The summed E-state index contributed by atoms with van der Waals surface area (Å²) in [5.41, 5.74) is -0.0391. The Morgan fingerprint density at radius 1 is 1.32 bits per heavy atom. The van der Waals surface area contributed by atoms with E-state index in [4.69, 9.17) is 4.74 Å². The summed E-state index contributed by atoms with van der Waals surface area (Å²) in [7, 11) is 1.62. The Hall–Kier alpha value is -3.65. The van der Waals surface area contributed by atoms with E-state index < -0.39 is 24.2 Å². The van der Waals surface area contributed by atoms with Gasteiger partial charge in [-0.3, -0.25) is 9.59 Å². The molecule has 0 radical (unpaired) electrons.